The molecule has 2 atom stereocenters. The van der Waals surface area contributed by atoms with Crippen LogP contribution in [0, 0.1) is 0 Å². The molecule has 0 aromatic carbocycles. The second kappa shape index (κ2) is 3.34. The minimum Gasteiger partial charge on any atom is -0.328 e. The molecule has 3 nitrogen and oxygen atoms in total. The molecule has 1 rings (SSSR count). The van der Waals surface area contributed by atoms with E-state index in [9.17, 15) is 8.42 Å². The first kappa shape index (κ1) is 9.99. The van der Waals surface area contributed by atoms with E-state index in [0.29, 0.717) is 6.42 Å². The highest BCUT2D eigenvalue weighted by Crippen LogP contribution is 2.26. The van der Waals surface area contributed by atoms with Crippen LogP contribution in [0.15, 0.2) is 0 Å². The molecule has 1 fully saturated rings. The second-order valence-corrected chi connectivity index (χ2v) is 6.62. The maximum atomic E-state index is 11.6. The number of rotatable bonds is 2. The Hall–Kier alpha value is -0.0900. The van der Waals surface area contributed by atoms with Crippen molar-refractivity contribution in [1.82, 2.24) is 0 Å². The van der Waals surface area contributed by atoms with Crippen LogP contribution in [0.25, 0.3) is 0 Å². The Balaban J connectivity index is 2.71. The van der Waals surface area contributed by atoms with Gasteiger partial charge in [0.15, 0.2) is 9.84 Å². The van der Waals surface area contributed by atoms with Crippen LogP contribution in [-0.2, 0) is 9.84 Å². The van der Waals surface area contributed by atoms with E-state index < -0.39 is 9.84 Å². The molecule has 0 bridgehead atoms. The summed E-state index contributed by atoms with van der Waals surface area (Å²) in [5.41, 5.74) is 5.66. The molecule has 2 unspecified atom stereocenters. The second-order valence-electron chi connectivity index (χ2n) is 3.83. The third kappa shape index (κ3) is 1.80. The lowest BCUT2D eigenvalue weighted by Crippen LogP contribution is -2.28. The summed E-state index contributed by atoms with van der Waals surface area (Å²) in [7, 11) is -2.89. The van der Waals surface area contributed by atoms with E-state index in [0.717, 1.165) is 12.8 Å². The molecule has 1 aliphatic rings. The quantitative estimate of drug-likeness (QED) is 0.698. The van der Waals surface area contributed by atoms with Gasteiger partial charge in [0.05, 0.1) is 10.5 Å². The smallest absolute Gasteiger partial charge is 0.155 e. The van der Waals surface area contributed by atoms with E-state index >= 15 is 0 Å². The Bertz CT molecular complexity index is 246. The lowest BCUT2D eigenvalue weighted by Gasteiger charge is -2.13. The van der Waals surface area contributed by atoms with Gasteiger partial charge in [0, 0.05) is 6.04 Å². The SMILES string of the molecule is CC(C)S(=O)(=O)C1CCC(N)C1. The van der Waals surface area contributed by atoms with Gasteiger partial charge < -0.3 is 5.73 Å². The third-order valence-electron chi connectivity index (χ3n) is 2.55. The highest BCUT2D eigenvalue weighted by atomic mass is 32.2. The number of hydrogen-bond acceptors (Lipinski definition) is 3. The molecule has 1 saturated carbocycles. The fourth-order valence-electron chi connectivity index (χ4n) is 1.66. The van der Waals surface area contributed by atoms with Gasteiger partial charge in [0.1, 0.15) is 0 Å². The summed E-state index contributed by atoms with van der Waals surface area (Å²) in [5, 5.41) is -0.430. The average Bonchev–Trinajstić information content (AvgIpc) is 2.35. The zero-order valence-electron chi connectivity index (χ0n) is 7.66. The summed E-state index contributed by atoms with van der Waals surface area (Å²) in [6, 6.07) is 0.100. The van der Waals surface area contributed by atoms with Gasteiger partial charge in [-0.3, -0.25) is 0 Å². The van der Waals surface area contributed by atoms with Crippen LogP contribution in [-0.4, -0.2) is 25.0 Å². The molecule has 0 spiro atoms. The van der Waals surface area contributed by atoms with Crippen molar-refractivity contribution in [3.8, 4) is 0 Å². The van der Waals surface area contributed by atoms with Gasteiger partial charge in [0.2, 0.25) is 0 Å². The Kier molecular flexibility index (Phi) is 2.78. The Morgan fingerprint density at radius 2 is 1.92 bits per heavy atom. The Labute approximate surface area is 74.3 Å². The molecule has 4 heteroatoms. The van der Waals surface area contributed by atoms with Crippen LogP contribution >= 0.6 is 0 Å². The normalized spacial score (nSPS) is 31.3. The van der Waals surface area contributed by atoms with Crippen LogP contribution < -0.4 is 5.73 Å². The van der Waals surface area contributed by atoms with E-state index in [1.807, 2.05) is 0 Å². The summed E-state index contributed by atoms with van der Waals surface area (Å²) in [6.07, 6.45) is 2.26. The maximum absolute atomic E-state index is 11.6. The van der Waals surface area contributed by atoms with E-state index in [2.05, 4.69) is 0 Å². The standard InChI is InChI=1S/C8H17NO2S/c1-6(2)12(10,11)8-4-3-7(9)5-8/h6-8H,3-5,9H2,1-2H3. The summed E-state index contributed by atoms with van der Waals surface area (Å²) in [4.78, 5) is 0. The van der Waals surface area contributed by atoms with E-state index in [4.69, 9.17) is 5.73 Å². The minimum atomic E-state index is -2.89. The third-order valence-corrected chi connectivity index (χ3v) is 5.22. The summed E-state index contributed by atoms with van der Waals surface area (Å²) < 4.78 is 23.2. The molecule has 72 valence electrons. The largest absolute Gasteiger partial charge is 0.328 e. The van der Waals surface area contributed by atoms with Crippen LogP contribution in [0.3, 0.4) is 0 Å². The zero-order valence-corrected chi connectivity index (χ0v) is 8.47. The molecular formula is C8H17NO2S. The van der Waals surface area contributed by atoms with Crippen molar-refractivity contribution in [2.45, 2.75) is 49.7 Å². The molecule has 0 radical (unpaired) electrons. The number of hydrogen-bond donors (Lipinski definition) is 1. The summed E-state index contributed by atoms with van der Waals surface area (Å²) >= 11 is 0. The zero-order chi connectivity index (χ0) is 9.35. The van der Waals surface area contributed by atoms with Crippen molar-refractivity contribution < 1.29 is 8.42 Å². The molecule has 0 saturated heterocycles. The number of sulfone groups is 1. The maximum Gasteiger partial charge on any atom is 0.155 e. The molecule has 0 aromatic heterocycles. The highest BCUT2D eigenvalue weighted by Gasteiger charge is 2.34. The van der Waals surface area contributed by atoms with Crippen molar-refractivity contribution >= 4 is 9.84 Å². The highest BCUT2D eigenvalue weighted by molar-refractivity contribution is 7.92. The molecule has 12 heavy (non-hydrogen) atoms. The topological polar surface area (TPSA) is 60.2 Å². The molecule has 2 N–H and O–H groups in total. The first-order valence-corrected chi connectivity index (χ1v) is 6.04. The monoisotopic (exact) mass is 191 g/mol. The molecule has 0 heterocycles. The minimum absolute atomic E-state index is 0.100. The summed E-state index contributed by atoms with van der Waals surface area (Å²) in [5.74, 6) is 0. The molecule has 0 amide bonds. The average molecular weight is 191 g/mol. The first-order valence-electron chi connectivity index (χ1n) is 4.43. The van der Waals surface area contributed by atoms with Crippen LogP contribution in [0.2, 0.25) is 0 Å². The number of nitrogens with two attached hydrogens (primary N) is 1. The Morgan fingerprint density at radius 1 is 1.33 bits per heavy atom. The fraction of sp³-hybridized carbons (Fsp3) is 1.00. The van der Waals surface area contributed by atoms with Crippen molar-refractivity contribution in [2.24, 2.45) is 5.73 Å². The molecular weight excluding hydrogens is 174 g/mol. The molecule has 0 aromatic rings. The Morgan fingerprint density at radius 3 is 2.25 bits per heavy atom. The van der Waals surface area contributed by atoms with Gasteiger partial charge in [-0.05, 0) is 33.1 Å². The molecule has 0 aliphatic heterocycles. The van der Waals surface area contributed by atoms with Gasteiger partial charge >= 0.3 is 0 Å². The van der Waals surface area contributed by atoms with E-state index in [-0.39, 0.29) is 16.5 Å². The predicted molar refractivity (Wildman–Crippen MR) is 49.7 cm³/mol. The van der Waals surface area contributed by atoms with Gasteiger partial charge in [-0.1, -0.05) is 0 Å². The van der Waals surface area contributed by atoms with Crippen molar-refractivity contribution in [2.75, 3.05) is 0 Å². The van der Waals surface area contributed by atoms with Gasteiger partial charge in [-0.15, -0.1) is 0 Å². The van der Waals surface area contributed by atoms with Crippen molar-refractivity contribution in [1.29, 1.82) is 0 Å². The van der Waals surface area contributed by atoms with Crippen molar-refractivity contribution in [3.63, 3.8) is 0 Å². The predicted octanol–water partition coefficient (Wildman–Crippen LogP) is 0.689. The lowest BCUT2D eigenvalue weighted by molar-refractivity contribution is 0.569. The lowest BCUT2D eigenvalue weighted by atomic mass is 10.3. The van der Waals surface area contributed by atoms with Crippen molar-refractivity contribution in [3.05, 3.63) is 0 Å². The van der Waals surface area contributed by atoms with E-state index in [1.54, 1.807) is 13.8 Å². The van der Waals surface area contributed by atoms with Gasteiger partial charge in [-0.25, -0.2) is 8.42 Å². The van der Waals surface area contributed by atoms with E-state index in [1.165, 1.54) is 0 Å². The van der Waals surface area contributed by atoms with Gasteiger partial charge in [-0.2, -0.15) is 0 Å². The summed E-state index contributed by atoms with van der Waals surface area (Å²) in [6.45, 7) is 3.47. The molecule has 1 aliphatic carbocycles. The van der Waals surface area contributed by atoms with Crippen LogP contribution in [0.5, 0.6) is 0 Å². The van der Waals surface area contributed by atoms with Gasteiger partial charge in [0.25, 0.3) is 0 Å². The van der Waals surface area contributed by atoms with Crippen LogP contribution in [0.4, 0.5) is 0 Å². The fourth-order valence-corrected chi connectivity index (χ4v) is 3.41. The first-order chi connectivity index (χ1) is 5.44. The van der Waals surface area contributed by atoms with Crippen LogP contribution in [0.1, 0.15) is 33.1 Å².